The van der Waals surface area contributed by atoms with E-state index in [0.29, 0.717) is 18.3 Å². The van der Waals surface area contributed by atoms with Gasteiger partial charge in [-0.1, -0.05) is 21.1 Å². The molecule has 1 aliphatic heterocycles. The third-order valence-electron chi connectivity index (χ3n) is 3.09. The van der Waals surface area contributed by atoms with Gasteiger partial charge < -0.3 is 14.2 Å². The first kappa shape index (κ1) is 13.5. The highest BCUT2D eigenvalue weighted by atomic mass is 79.9. The zero-order valence-electron chi connectivity index (χ0n) is 11.3. The van der Waals surface area contributed by atoms with Gasteiger partial charge in [0.05, 0.1) is 6.10 Å². The van der Waals surface area contributed by atoms with Crippen LogP contribution in [-0.4, -0.2) is 34.3 Å². The number of rotatable bonds is 4. The Labute approximate surface area is 125 Å². The monoisotopic (exact) mass is 338 g/mol. The van der Waals surface area contributed by atoms with Crippen LogP contribution in [-0.2, 0) is 11.3 Å². The molecule has 2 aromatic rings. The van der Waals surface area contributed by atoms with Crippen molar-refractivity contribution < 1.29 is 9.26 Å². The van der Waals surface area contributed by atoms with Crippen LogP contribution in [0, 0.1) is 13.8 Å². The van der Waals surface area contributed by atoms with Gasteiger partial charge in [0.2, 0.25) is 0 Å². The molecule has 7 heteroatoms. The SMILES string of the molecule is Cc1cc(Br)cc(N2CC(OCc3nc(C)no3)C2)n1. The molecule has 0 aromatic carbocycles. The summed E-state index contributed by atoms with van der Waals surface area (Å²) in [7, 11) is 0. The van der Waals surface area contributed by atoms with E-state index in [1.807, 2.05) is 19.1 Å². The largest absolute Gasteiger partial charge is 0.365 e. The molecule has 1 saturated heterocycles. The summed E-state index contributed by atoms with van der Waals surface area (Å²) >= 11 is 3.49. The molecule has 0 radical (unpaired) electrons. The summed E-state index contributed by atoms with van der Waals surface area (Å²) in [6.07, 6.45) is 0.184. The standard InChI is InChI=1S/C13H15BrN4O2/c1-8-3-10(14)4-12(15-8)18-5-11(6-18)19-7-13-16-9(2)17-20-13/h3-4,11H,5-7H2,1-2H3. The van der Waals surface area contributed by atoms with Gasteiger partial charge >= 0.3 is 0 Å². The van der Waals surface area contributed by atoms with Crippen molar-refractivity contribution in [3.8, 4) is 0 Å². The summed E-state index contributed by atoms with van der Waals surface area (Å²) in [6.45, 7) is 5.80. The van der Waals surface area contributed by atoms with E-state index >= 15 is 0 Å². The number of hydrogen-bond acceptors (Lipinski definition) is 6. The van der Waals surface area contributed by atoms with Crippen molar-refractivity contribution in [2.24, 2.45) is 0 Å². The third kappa shape index (κ3) is 2.99. The van der Waals surface area contributed by atoms with Gasteiger partial charge in [0.1, 0.15) is 12.4 Å². The maximum absolute atomic E-state index is 5.71. The number of hydrogen-bond donors (Lipinski definition) is 0. The molecular formula is C13H15BrN4O2. The van der Waals surface area contributed by atoms with Crippen LogP contribution < -0.4 is 4.90 Å². The van der Waals surface area contributed by atoms with Gasteiger partial charge in [0, 0.05) is 23.3 Å². The van der Waals surface area contributed by atoms with Gasteiger partial charge in [0.25, 0.3) is 5.89 Å². The fourth-order valence-corrected chi connectivity index (χ4v) is 2.63. The van der Waals surface area contributed by atoms with Crippen molar-refractivity contribution in [1.29, 1.82) is 0 Å². The molecule has 106 valence electrons. The van der Waals surface area contributed by atoms with Gasteiger partial charge in [-0.05, 0) is 26.0 Å². The van der Waals surface area contributed by atoms with E-state index in [0.717, 1.165) is 29.1 Å². The van der Waals surface area contributed by atoms with Crippen molar-refractivity contribution >= 4 is 21.7 Å². The number of halogens is 1. The Bertz CT molecular complexity index is 590. The minimum Gasteiger partial charge on any atom is -0.365 e. The summed E-state index contributed by atoms with van der Waals surface area (Å²) in [5.41, 5.74) is 1.00. The van der Waals surface area contributed by atoms with E-state index in [1.165, 1.54) is 0 Å². The van der Waals surface area contributed by atoms with E-state index in [2.05, 4.69) is 36.0 Å². The molecule has 0 spiro atoms. The number of pyridine rings is 1. The molecule has 0 atom stereocenters. The van der Waals surface area contributed by atoms with E-state index in [4.69, 9.17) is 9.26 Å². The quantitative estimate of drug-likeness (QED) is 0.851. The van der Waals surface area contributed by atoms with Gasteiger partial charge in [-0.25, -0.2) is 4.98 Å². The molecule has 0 N–H and O–H groups in total. The average molecular weight is 339 g/mol. The molecule has 0 unspecified atom stereocenters. The third-order valence-corrected chi connectivity index (χ3v) is 3.55. The van der Waals surface area contributed by atoms with Gasteiger partial charge in [-0.15, -0.1) is 0 Å². The van der Waals surface area contributed by atoms with Gasteiger partial charge in [-0.2, -0.15) is 4.98 Å². The Morgan fingerprint density at radius 2 is 2.15 bits per heavy atom. The molecule has 0 bridgehead atoms. The maximum Gasteiger partial charge on any atom is 0.252 e. The molecule has 1 fully saturated rings. The number of anilines is 1. The van der Waals surface area contributed by atoms with Crippen LogP contribution in [0.15, 0.2) is 21.1 Å². The van der Waals surface area contributed by atoms with E-state index in [1.54, 1.807) is 6.92 Å². The van der Waals surface area contributed by atoms with Crippen molar-refractivity contribution in [1.82, 2.24) is 15.1 Å². The van der Waals surface area contributed by atoms with E-state index < -0.39 is 0 Å². The van der Waals surface area contributed by atoms with Crippen molar-refractivity contribution in [2.75, 3.05) is 18.0 Å². The Morgan fingerprint density at radius 1 is 1.35 bits per heavy atom. The molecule has 3 heterocycles. The fraction of sp³-hybridized carbons (Fsp3) is 0.462. The Kier molecular flexibility index (Phi) is 3.71. The minimum absolute atomic E-state index is 0.184. The Morgan fingerprint density at radius 3 is 2.80 bits per heavy atom. The molecule has 20 heavy (non-hydrogen) atoms. The Balaban J connectivity index is 1.51. The second kappa shape index (κ2) is 5.49. The normalized spacial score (nSPS) is 15.4. The summed E-state index contributed by atoms with van der Waals surface area (Å²) < 4.78 is 11.8. The first-order chi connectivity index (χ1) is 9.60. The average Bonchev–Trinajstić information content (AvgIpc) is 2.71. The minimum atomic E-state index is 0.184. The zero-order valence-corrected chi connectivity index (χ0v) is 12.9. The smallest absolute Gasteiger partial charge is 0.252 e. The number of ether oxygens (including phenoxy) is 1. The van der Waals surface area contributed by atoms with Crippen LogP contribution >= 0.6 is 15.9 Å². The highest BCUT2D eigenvalue weighted by Gasteiger charge is 2.29. The molecule has 2 aromatic heterocycles. The van der Waals surface area contributed by atoms with Gasteiger partial charge in [-0.3, -0.25) is 0 Å². The van der Waals surface area contributed by atoms with Crippen LogP contribution in [0.2, 0.25) is 0 Å². The molecule has 6 nitrogen and oxygen atoms in total. The first-order valence-corrected chi connectivity index (χ1v) is 7.19. The zero-order chi connectivity index (χ0) is 14.1. The molecule has 3 rings (SSSR count). The lowest BCUT2D eigenvalue weighted by Crippen LogP contribution is -2.52. The molecular weight excluding hydrogens is 324 g/mol. The first-order valence-electron chi connectivity index (χ1n) is 6.40. The highest BCUT2D eigenvalue weighted by molar-refractivity contribution is 9.10. The summed E-state index contributed by atoms with van der Waals surface area (Å²) in [5, 5.41) is 3.73. The van der Waals surface area contributed by atoms with Crippen LogP contribution in [0.1, 0.15) is 17.4 Å². The predicted octanol–water partition coefficient (Wildman–Crippen LogP) is 2.25. The number of nitrogens with zero attached hydrogens (tertiary/aromatic N) is 4. The molecule has 0 saturated carbocycles. The molecule has 0 aliphatic carbocycles. The lowest BCUT2D eigenvalue weighted by molar-refractivity contribution is 0.00928. The van der Waals surface area contributed by atoms with Crippen LogP contribution in [0.3, 0.4) is 0 Å². The highest BCUT2D eigenvalue weighted by Crippen LogP contribution is 2.24. The maximum atomic E-state index is 5.71. The topological polar surface area (TPSA) is 64.3 Å². The number of aryl methyl sites for hydroxylation is 2. The second-order valence-corrected chi connectivity index (χ2v) is 5.77. The van der Waals surface area contributed by atoms with Crippen molar-refractivity contribution in [2.45, 2.75) is 26.6 Å². The lowest BCUT2D eigenvalue weighted by atomic mass is 10.1. The molecule has 1 aliphatic rings. The van der Waals surface area contributed by atoms with Crippen LogP contribution in [0.5, 0.6) is 0 Å². The summed E-state index contributed by atoms with van der Waals surface area (Å²) in [5.74, 6) is 2.13. The van der Waals surface area contributed by atoms with Crippen LogP contribution in [0.4, 0.5) is 5.82 Å². The van der Waals surface area contributed by atoms with Crippen LogP contribution in [0.25, 0.3) is 0 Å². The van der Waals surface area contributed by atoms with E-state index in [9.17, 15) is 0 Å². The second-order valence-electron chi connectivity index (χ2n) is 4.86. The summed E-state index contributed by atoms with van der Waals surface area (Å²) in [6, 6.07) is 4.01. The predicted molar refractivity (Wildman–Crippen MR) is 76.5 cm³/mol. The summed E-state index contributed by atoms with van der Waals surface area (Å²) in [4.78, 5) is 10.8. The van der Waals surface area contributed by atoms with Crippen molar-refractivity contribution in [3.05, 3.63) is 34.0 Å². The van der Waals surface area contributed by atoms with E-state index in [-0.39, 0.29) is 6.10 Å². The molecule has 0 amide bonds. The van der Waals surface area contributed by atoms with Gasteiger partial charge in [0.15, 0.2) is 5.82 Å². The lowest BCUT2D eigenvalue weighted by Gasteiger charge is -2.39. The number of aromatic nitrogens is 3. The Hall–Kier alpha value is -1.47. The fourth-order valence-electron chi connectivity index (χ4n) is 2.09. The van der Waals surface area contributed by atoms with Crippen molar-refractivity contribution in [3.63, 3.8) is 0 Å².